The standard InChI is InChI=1S/C15H29N3O/c1-2-3-4-5-6-7-8-10-17-13-14-12-16-9-11-18(14)15(17)19/h14,16H,2-13H2,1H3. The Labute approximate surface area is 117 Å². The van der Waals surface area contributed by atoms with Gasteiger partial charge in [0.15, 0.2) is 0 Å². The van der Waals surface area contributed by atoms with Gasteiger partial charge in [-0.25, -0.2) is 4.79 Å². The number of unbranched alkanes of at least 4 members (excludes halogenated alkanes) is 6. The predicted octanol–water partition coefficient (Wildman–Crippen LogP) is 2.45. The van der Waals surface area contributed by atoms with E-state index in [2.05, 4.69) is 22.0 Å². The second-order valence-electron chi connectivity index (χ2n) is 5.90. The quantitative estimate of drug-likeness (QED) is 0.686. The Morgan fingerprint density at radius 1 is 1.16 bits per heavy atom. The monoisotopic (exact) mass is 267 g/mol. The summed E-state index contributed by atoms with van der Waals surface area (Å²) >= 11 is 0. The molecule has 2 aliphatic heterocycles. The van der Waals surface area contributed by atoms with Crippen LogP contribution in [-0.2, 0) is 0 Å². The van der Waals surface area contributed by atoms with Crippen molar-refractivity contribution < 1.29 is 4.79 Å². The second-order valence-corrected chi connectivity index (χ2v) is 5.90. The van der Waals surface area contributed by atoms with Crippen LogP contribution in [0.5, 0.6) is 0 Å². The van der Waals surface area contributed by atoms with Gasteiger partial charge in [0.1, 0.15) is 0 Å². The molecule has 1 N–H and O–H groups in total. The van der Waals surface area contributed by atoms with Crippen LogP contribution in [0.15, 0.2) is 0 Å². The third-order valence-electron chi connectivity index (χ3n) is 4.33. The lowest BCUT2D eigenvalue weighted by atomic mass is 10.1. The molecule has 110 valence electrons. The number of amides is 2. The number of hydrogen-bond donors (Lipinski definition) is 1. The number of nitrogens with zero attached hydrogens (tertiary/aromatic N) is 2. The highest BCUT2D eigenvalue weighted by molar-refractivity contribution is 5.77. The van der Waals surface area contributed by atoms with Gasteiger partial charge < -0.3 is 15.1 Å². The number of carbonyl (C=O) groups is 1. The molecule has 2 amide bonds. The van der Waals surface area contributed by atoms with Crippen LogP contribution in [-0.4, -0.2) is 54.6 Å². The minimum atomic E-state index is 0.275. The fraction of sp³-hybridized carbons (Fsp3) is 0.933. The van der Waals surface area contributed by atoms with Gasteiger partial charge in [-0.15, -0.1) is 0 Å². The molecule has 4 heteroatoms. The molecule has 0 aromatic carbocycles. The number of urea groups is 1. The SMILES string of the molecule is CCCCCCCCCN1CC2CNCCN2C1=O. The molecule has 2 fully saturated rings. The first-order valence-corrected chi connectivity index (χ1v) is 8.09. The zero-order chi connectivity index (χ0) is 13.5. The molecule has 0 saturated carbocycles. The average Bonchev–Trinajstić information content (AvgIpc) is 2.75. The largest absolute Gasteiger partial charge is 0.323 e. The van der Waals surface area contributed by atoms with E-state index >= 15 is 0 Å². The molecular weight excluding hydrogens is 238 g/mol. The summed E-state index contributed by atoms with van der Waals surface area (Å²) in [6, 6.07) is 0.697. The van der Waals surface area contributed by atoms with E-state index in [1.165, 1.54) is 44.9 Å². The summed E-state index contributed by atoms with van der Waals surface area (Å²) in [6.45, 7) is 6.95. The lowest BCUT2D eigenvalue weighted by Crippen LogP contribution is -2.49. The van der Waals surface area contributed by atoms with Crippen molar-refractivity contribution >= 4 is 6.03 Å². The molecule has 2 aliphatic rings. The van der Waals surface area contributed by atoms with Gasteiger partial charge in [-0.3, -0.25) is 0 Å². The van der Waals surface area contributed by atoms with Gasteiger partial charge in [0, 0.05) is 32.7 Å². The molecule has 2 saturated heterocycles. The maximum atomic E-state index is 12.2. The normalized spacial score (nSPS) is 23.0. The summed E-state index contributed by atoms with van der Waals surface area (Å²) in [6.07, 6.45) is 9.20. The van der Waals surface area contributed by atoms with Crippen molar-refractivity contribution in [1.29, 1.82) is 0 Å². The van der Waals surface area contributed by atoms with Gasteiger partial charge in [0.05, 0.1) is 6.04 Å². The van der Waals surface area contributed by atoms with E-state index in [0.29, 0.717) is 6.04 Å². The van der Waals surface area contributed by atoms with Crippen LogP contribution >= 0.6 is 0 Å². The molecule has 0 bridgehead atoms. The van der Waals surface area contributed by atoms with Gasteiger partial charge in [0.2, 0.25) is 0 Å². The molecule has 0 spiro atoms. The van der Waals surface area contributed by atoms with Crippen LogP contribution in [0, 0.1) is 0 Å². The van der Waals surface area contributed by atoms with E-state index in [1.54, 1.807) is 0 Å². The van der Waals surface area contributed by atoms with Crippen LogP contribution in [0.25, 0.3) is 0 Å². The highest BCUT2D eigenvalue weighted by Gasteiger charge is 2.37. The van der Waals surface area contributed by atoms with Crippen molar-refractivity contribution in [2.45, 2.75) is 57.9 Å². The maximum absolute atomic E-state index is 12.2. The maximum Gasteiger partial charge on any atom is 0.320 e. The zero-order valence-electron chi connectivity index (χ0n) is 12.4. The van der Waals surface area contributed by atoms with E-state index in [1.807, 2.05) is 0 Å². The third kappa shape index (κ3) is 4.10. The summed E-state index contributed by atoms with van der Waals surface area (Å²) < 4.78 is 0. The van der Waals surface area contributed by atoms with Crippen LogP contribution in [0.3, 0.4) is 0 Å². The average molecular weight is 267 g/mol. The lowest BCUT2D eigenvalue weighted by molar-refractivity contribution is 0.179. The number of carbonyl (C=O) groups excluding carboxylic acids is 1. The molecule has 2 rings (SSSR count). The Hall–Kier alpha value is -0.770. The van der Waals surface area contributed by atoms with Crippen LogP contribution in [0.1, 0.15) is 51.9 Å². The molecule has 4 nitrogen and oxygen atoms in total. The minimum Gasteiger partial charge on any atom is -0.323 e. The van der Waals surface area contributed by atoms with Crippen molar-refractivity contribution in [3.8, 4) is 0 Å². The van der Waals surface area contributed by atoms with Gasteiger partial charge in [0.25, 0.3) is 0 Å². The Balaban J connectivity index is 1.57. The summed E-state index contributed by atoms with van der Waals surface area (Å²) in [5.74, 6) is 0. The fourth-order valence-corrected chi connectivity index (χ4v) is 3.14. The first-order chi connectivity index (χ1) is 9.33. The van der Waals surface area contributed by atoms with E-state index in [9.17, 15) is 4.79 Å². The van der Waals surface area contributed by atoms with E-state index < -0.39 is 0 Å². The number of nitrogens with one attached hydrogen (secondary N) is 1. The number of rotatable bonds is 8. The Morgan fingerprint density at radius 2 is 1.89 bits per heavy atom. The highest BCUT2D eigenvalue weighted by atomic mass is 16.2. The number of fused-ring (bicyclic) bond motifs is 1. The van der Waals surface area contributed by atoms with Crippen molar-refractivity contribution in [2.24, 2.45) is 0 Å². The predicted molar refractivity (Wildman–Crippen MR) is 78.3 cm³/mol. The molecule has 0 aromatic rings. The molecule has 0 aliphatic carbocycles. The topological polar surface area (TPSA) is 35.6 Å². The Bertz CT molecular complexity index is 283. The van der Waals surface area contributed by atoms with E-state index in [0.717, 1.165) is 32.7 Å². The molecule has 0 radical (unpaired) electrons. The molecule has 1 unspecified atom stereocenters. The molecule has 1 atom stereocenters. The molecule has 0 aromatic heterocycles. The van der Waals surface area contributed by atoms with Gasteiger partial charge in [-0.2, -0.15) is 0 Å². The van der Waals surface area contributed by atoms with Crippen molar-refractivity contribution in [3.05, 3.63) is 0 Å². The molecule has 19 heavy (non-hydrogen) atoms. The minimum absolute atomic E-state index is 0.275. The van der Waals surface area contributed by atoms with Crippen molar-refractivity contribution in [2.75, 3.05) is 32.7 Å². The summed E-state index contributed by atoms with van der Waals surface area (Å²) in [5.41, 5.74) is 0. The van der Waals surface area contributed by atoms with Crippen LogP contribution < -0.4 is 5.32 Å². The van der Waals surface area contributed by atoms with Gasteiger partial charge in [-0.05, 0) is 6.42 Å². The van der Waals surface area contributed by atoms with Crippen LogP contribution in [0.2, 0.25) is 0 Å². The lowest BCUT2D eigenvalue weighted by Gasteiger charge is -2.28. The number of piperazine rings is 1. The first kappa shape index (κ1) is 14.6. The molecular formula is C15H29N3O. The Kier molecular flexibility index (Phi) is 5.95. The van der Waals surface area contributed by atoms with Crippen molar-refractivity contribution in [1.82, 2.24) is 15.1 Å². The first-order valence-electron chi connectivity index (χ1n) is 8.09. The smallest absolute Gasteiger partial charge is 0.320 e. The van der Waals surface area contributed by atoms with Crippen molar-refractivity contribution in [3.63, 3.8) is 0 Å². The van der Waals surface area contributed by atoms with E-state index in [4.69, 9.17) is 0 Å². The summed E-state index contributed by atoms with van der Waals surface area (Å²) in [7, 11) is 0. The summed E-state index contributed by atoms with van der Waals surface area (Å²) in [4.78, 5) is 16.3. The second kappa shape index (κ2) is 7.73. The third-order valence-corrected chi connectivity index (χ3v) is 4.33. The Morgan fingerprint density at radius 3 is 2.63 bits per heavy atom. The molecule has 2 heterocycles. The fourth-order valence-electron chi connectivity index (χ4n) is 3.14. The van der Waals surface area contributed by atoms with Gasteiger partial charge in [-0.1, -0.05) is 45.4 Å². The summed E-state index contributed by atoms with van der Waals surface area (Å²) in [5, 5.41) is 3.37. The number of hydrogen-bond acceptors (Lipinski definition) is 2. The van der Waals surface area contributed by atoms with E-state index in [-0.39, 0.29) is 6.03 Å². The zero-order valence-corrected chi connectivity index (χ0v) is 12.4. The van der Waals surface area contributed by atoms with Crippen LogP contribution in [0.4, 0.5) is 4.79 Å². The van der Waals surface area contributed by atoms with Gasteiger partial charge >= 0.3 is 6.03 Å². The highest BCUT2D eigenvalue weighted by Crippen LogP contribution is 2.18.